The molecule has 2 heteroatoms. The molecule has 0 aliphatic heterocycles. The van der Waals surface area contributed by atoms with Crippen LogP contribution in [0.5, 0.6) is 0 Å². The van der Waals surface area contributed by atoms with Gasteiger partial charge in [0.2, 0.25) is 0 Å². The van der Waals surface area contributed by atoms with E-state index in [9.17, 15) is 10.2 Å². The molecule has 1 aromatic rings. The molecular weight excluding hydrogens is 212 g/mol. The predicted octanol–water partition coefficient (Wildman–Crippen LogP) is 3.61. The van der Waals surface area contributed by atoms with Crippen LogP contribution >= 0.6 is 0 Å². The van der Waals surface area contributed by atoms with E-state index in [1.54, 1.807) is 0 Å². The molecule has 2 unspecified atom stereocenters. The van der Waals surface area contributed by atoms with Crippen LogP contribution in [0.3, 0.4) is 0 Å². The van der Waals surface area contributed by atoms with E-state index in [-0.39, 0.29) is 0 Å². The van der Waals surface area contributed by atoms with Crippen molar-refractivity contribution in [2.45, 2.75) is 59.2 Å². The maximum absolute atomic E-state index is 9.95. The van der Waals surface area contributed by atoms with Gasteiger partial charge in [-0.05, 0) is 24.5 Å². The third kappa shape index (κ3) is 5.33. The molecule has 17 heavy (non-hydrogen) atoms. The van der Waals surface area contributed by atoms with Crippen molar-refractivity contribution in [3.8, 4) is 0 Å². The van der Waals surface area contributed by atoms with Gasteiger partial charge in [0.25, 0.3) is 0 Å². The summed E-state index contributed by atoms with van der Waals surface area (Å²) in [6, 6.07) is 7.64. The van der Waals surface area contributed by atoms with Crippen molar-refractivity contribution in [1.82, 2.24) is 0 Å². The zero-order chi connectivity index (χ0) is 13.3. The summed E-state index contributed by atoms with van der Waals surface area (Å²) in [4.78, 5) is 0. The highest BCUT2D eigenvalue weighted by molar-refractivity contribution is 5.28. The second-order valence-corrected chi connectivity index (χ2v) is 4.01. The highest BCUT2D eigenvalue weighted by Gasteiger charge is 2.18. The van der Waals surface area contributed by atoms with Crippen LogP contribution in [0.1, 0.15) is 57.3 Å². The van der Waals surface area contributed by atoms with Gasteiger partial charge in [0.15, 0.2) is 0 Å². The van der Waals surface area contributed by atoms with Gasteiger partial charge in [0.1, 0.15) is 6.10 Å². The van der Waals surface area contributed by atoms with E-state index in [0.717, 1.165) is 24.0 Å². The smallest absolute Gasteiger partial charge is 0.105 e. The van der Waals surface area contributed by atoms with Crippen molar-refractivity contribution < 1.29 is 10.2 Å². The van der Waals surface area contributed by atoms with E-state index < -0.39 is 12.2 Å². The molecule has 0 saturated heterocycles. The van der Waals surface area contributed by atoms with Crippen LogP contribution in [0.15, 0.2) is 24.3 Å². The predicted molar refractivity (Wildman–Crippen MR) is 73.0 cm³/mol. The second kappa shape index (κ2) is 9.20. The lowest BCUT2D eigenvalue weighted by molar-refractivity contribution is 0.0119. The van der Waals surface area contributed by atoms with Gasteiger partial charge in [-0.3, -0.25) is 0 Å². The van der Waals surface area contributed by atoms with Gasteiger partial charge in [-0.1, -0.05) is 57.9 Å². The topological polar surface area (TPSA) is 40.5 Å². The number of aryl methyl sites for hydroxylation is 1. The minimum Gasteiger partial charge on any atom is -0.390 e. The number of rotatable bonds is 5. The highest BCUT2D eigenvalue weighted by atomic mass is 16.3. The van der Waals surface area contributed by atoms with Gasteiger partial charge in [-0.15, -0.1) is 0 Å². The standard InChI is InChI=1S/C13H20O2.C2H6/c1-3-4-9-12(14)13(15)11-8-6-5-7-10(11)2;1-2/h5-8,12-15H,3-4,9H2,1-2H3;1-2H3. The lowest BCUT2D eigenvalue weighted by Crippen LogP contribution is -2.18. The molecule has 2 N–H and O–H groups in total. The minimum atomic E-state index is -0.752. The summed E-state index contributed by atoms with van der Waals surface area (Å²) in [6.45, 7) is 8.03. The monoisotopic (exact) mass is 238 g/mol. The molecule has 0 bridgehead atoms. The largest absolute Gasteiger partial charge is 0.390 e. The SMILES string of the molecule is CC.CCCCC(O)C(O)c1ccccc1C. The fourth-order valence-corrected chi connectivity index (χ4v) is 1.70. The summed E-state index contributed by atoms with van der Waals surface area (Å²) < 4.78 is 0. The fourth-order valence-electron chi connectivity index (χ4n) is 1.70. The van der Waals surface area contributed by atoms with Gasteiger partial charge in [0.05, 0.1) is 6.10 Å². The van der Waals surface area contributed by atoms with Crippen LogP contribution in [-0.2, 0) is 0 Å². The summed E-state index contributed by atoms with van der Waals surface area (Å²) in [5.74, 6) is 0. The van der Waals surface area contributed by atoms with Crippen LogP contribution in [0.25, 0.3) is 0 Å². The van der Waals surface area contributed by atoms with Crippen LogP contribution in [0.2, 0.25) is 0 Å². The molecule has 2 atom stereocenters. The quantitative estimate of drug-likeness (QED) is 0.822. The molecule has 0 amide bonds. The van der Waals surface area contributed by atoms with Gasteiger partial charge in [-0.2, -0.15) is 0 Å². The number of benzene rings is 1. The van der Waals surface area contributed by atoms with Crippen molar-refractivity contribution in [2.24, 2.45) is 0 Å². The fraction of sp³-hybridized carbons (Fsp3) is 0.600. The average Bonchev–Trinajstić information content (AvgIpc) is 2.38. The highest BCUT2D eigenvalue weighted by Crippen LogP contribution is 2.23. The van der Waals surface area contributed by atoms with Gasteiger partial charge >= 0.3 is 0 Å². The summed E-state index contributed by atoms with van der Waals surface area (Å²) in [5.41, 5.74) is 1.86. The Balaban J connectivity index is 0.00000121. The summed E-state index contributed by atoms with van der Waals surface area (Å²) in [7, 11) is 0. The second-order valence-electron chi connectivity index (χ2n) is 4.01. The maximum atomic E-state index is 9.95. The molecule has 2 nitrogen and oxygen atoms in total. The zero-order valence-electron chi connectivity index (χ0n) is 11.5. The van der Waals surface area contributed by atoms with Crippen molar-refractivity contribution in [3.63, 3.8) is 0 Å². The molecule has 0 heterocycles. The third-order valence-electron chi connectivity index (χ3n) is 2.73. The first-order valence-electron chi connectivity index (χ1n) is 6.58. The minimum absolute atomic E-state index is 0.647. The van der Waals surface area contributed by atoms with Gasteiger partial charge in [-0.25, -0.2) is 0 Å². The maximum Gasteiger partial charge on any atom is 0.105 e. The van der Waals surface area contributed by atoms with Crippen molar-refractivity contribution >= 4 is 0 Å². The van der Waals surface area contributed by atoms with Crippen LogP contribution in [0, 0.1) is 6.92 Å². The Morgan fingerprint density at radius 1 is 1.12 bits per heavy atom. The normalized spacial score (nSPS) is 13.5. The number of hydrogen-bond acceptors (Lipinski definition) is 2. The first kappa shape index (κ1) is 16.1. The number of aliphatic hydroxyl groups excluding tert-OH is 2. The molecule has 1 aromatic carbocycles. The lowest BCUT2D eigenvalue weighted by Gasteiger charge is -2.19. The van der Waals surface area contributed by atoms with E-state index in [1.807, 2.05) is 45.0 Å². The number of hydrogen-bond donors (Lipinski definition) is 2. The van der Waals surface area contributed by atoms with Crippen molar-refractivity contribution in [1.29, 1.82) is 0 Å². The summed E-state index contributed by atoms with van der Waals surface area (Å²) in [5, 5.41) is 19.7. The summed E-state index contributed by atoms with van der Waals surface area (Å²) >= 11 is 0. The molecule has 0 saturated carbocycles. The summed E-state index contributed by atoms with van der Waals surface area (Å²) in [6.07, 6.45) is 1.25. The van der Waals surface area contributed by atoms with E-state index in [0.29, 0.717) is 6.42 Å². The third-order valence-corrected chi connectivity index (χ3v) is 2.73. The van der Waals surface area contributed by atoms with Crippen LogP contribution in [-0.4, -0.2) is 16.3 Å². The van der Waals surface area contributed by atoms with Crippen LogP contribution in [0.4, 0.5) is 0 Å². The molecule has 98 valence electrons. The first-order valence-corrected chi connectivity index (χ1v) is 6.58. The molecule has 0 aromatic heterocycles. The molecule has 1 rings (SSSR count). The molecule has 0 aliphatic carbocycles. The first-order chi connectivity index (χ1) is 8.16. The Morgan fingerprint density at radius 3 is 2.24 bits per heavy atom. The Bertz CT molecular complexity index is 297. The molecule has 0 aliphatic rings. The van der Waals surface area contributed by atoms with Gasteiger partial charge < -0.3 is 10.2 Å². The van der Waals surface area contributed by atoms with E-state index >= 15 is 0 Å². The van der Waals surface area contributed by atoms with E-state index in [1.165, 1.54) is 0 Å². The van der Waals surface area contributed by atoms with E-state index in [2.05, 4.69) is 6.92 Å². The zero-order valence-corrected chi connectivity index (χ0v) is 11.5. The molecule has 0 fully saturated rings. The lowest BCUT2D eigenvalue weighted by atomic mass is 9.97. The average molecular weight is 238 g/mol. The Morgan fingerprint density at radius 2 is 1.71 bits per heavy atom. The Labute approximate surface area is 105 Å². The Kier molecular flexibility index (Phi) is 8.73. The van der Waals surface area contributed by atoms with Gasteiger partial charge in [0, 0.05) is 0 Å². The Hall–Kier alpha value is -0.860. The van der Waals surface area contributed by atoms with Crippen molar-refractivity contribution in [3.05, 3.63) is 35.4 Å². The number of unbranched alkanes of at least 4 members (excludes halogenated alkanes) is 1. The molecule has 0 spiro atoms. The molecular formula is C15H26O2. The number of aliphatic hydroxyl groups is 2. The van der Waals surface area contributed by atoms with Crippen LogP contribution < -0.4 is 0 Å². The molecule has 0 radical (unpaired) electrons. The van der Waals surface area contributed by atoms with Crippen molar-refractivity contribution in [2.75, 3.05) is 0 Å². The van der Waals surface area contributed by atoms with E-state index in [4.69, 9.17) is 0 Å².